The number of rotatable bonds is 6. The van der Waals surface area contributed by atoms with Gasteiger partial charge in [-0.15, -0.1) is 0 Å². The molecule has 2 aliphatic rings. The minimum atomic E-state index is -2.18. The maximum absolute atomic E-state index is 11.4. The van der Waals surface area contributed by atoms with E-state index in [0.717, 1.165) is 5.46 Å². The Bertz CT molecular complexity index is 655. The largest absolute Gasteiger partial charge is 0.772 e. The van der Waals surface area contributed by atoms with Crippen molar-refractivity contribution in [2.24, 2.45) is 5.92 Å². The Morgan fingerprint density at radius 1 is 1.28 bits per heavy atom. The third-order valence-corrected chi connectivity index (χ3v) is 6.32. The number of hydrogen-bond acceptors (Lipinski definition) is 5. The van der Waals surface area contributed by atoms with Crippen LogP contribution in [0, 0.1) is 5.92 Å². The molecule has 7 heteroatoms. The van der Waals surface area contributed by atoms with E-state index >= 15 is 0 Å². The van der Waals surface area contributed by atoms with Crippen LogP contribution in [-0.4, -0.2) is 33.7 Å². The quantitative estimate of drug-likeness (QED) is 0.573. The first-order valence-electron chi connectivity index (χ1n) is 8.81. The summed E-state index contributed by atoms with van der Waals surface area (Å²) in [5.41, 5.74) is 0.536. The van der Waals surface area contributed by atoms with Crippen LogP contribution in [0.4, 0.5) is 0 Å². The van der Waals surface area contributed by atoms with E-state index in [-0.39, 0.29) is 0 Å². The van der Waals surface area contributed by atoms with E-state index in [0.29, 0.717) is 23.8 Å². The summed E-state index contributed by atoms with van der Waals surface area (Å²) >= 11 is -2.18. The summed E-state index contributed by atoms with van der Waals surface area (Å²) in [5, 5.41) is -0.598. The highest BCUT2D eigenvalue weighted by Crippen LogP contribution is 2.38. The summed E-state index contributed by atoms with van der Waals surface area (Å²) < 4.78 is 41.0. The van der Waals surface area contributed by atoms with Crippen LogP contribution in [0.15, 0.2) is 18.2 Å². The molecule has 1 saturated carbocycles. The molecule has 2 unspecified atom stereocenters. The Morgan fingerprint density at radius 2 is 1.88 bits per heavy atom. The highest BCUT2D eigenvalue weighted by molar-refractivity contribution is 7.79. The molecule has 1 aromatic rings. The molecular weight excluding hydrogens is 339 g/mol. The van der Waals surface area contributed by atoms with Crippen LogP contribution in [0.25, 0.3) is 0 Å². The molecule has 138 valence electrons. The zero-order valence-corrected chi connectivity index (χ0v) is 16.4. The summed E-state index contributed by atoms with van der Waals surface area (Å²) in [6.07, 6.45) is 2.41. The smallest absolute Gasteiger partial charge is 0.498 e. The Hall–Kier alpha value is -0.885. The lowest BCUT2D eigenvalue weighted by molar-refractivity contribution is 0.00578. The minimum Gasteiger partial charge on any atom is -0.772 e. The molecule has 0 aromatic heterocycles. The van der Waals surface area contributed by atoms with Crippen molar-refractivity contribution in [1.82, 2.24) is 0 Å². The Morgan fingerprint density at radius 3 is 2.40 bits per heavy atom. The summed E-state index contributed by atoms with van der Waals surface area (Å²) in [6.45, 7) is 10.3. The fraction of sp³-hybridized carbons (Fsp3) is 0.667. The van der Waals surface area contributed by atoms with Gasteiger partial charge in [0.25, 0.3) is 0 Å². The van der Waals surface area contributed by atoms with Crippen molar-refractivity contribution in [3.8, 4) is 5.75 Å². The third kappa shape index (κ3) is 3.94. The number of ether oxygens (including phenoxy) is 1. The normalized spacial score (nSPS) is 24.2. The van der Waals surface area contributed by atoms with Gasteiger partial charge in [-0.3, -0.25) is 4.21 Å². The molecule has 1 aliphatic heterocycles. The average molecular weight is 365 g/mol. The lowest BCUT2D eigenvalue weighted by Gasteiger charge is -2.32. The zero-order valence-electron chi connectivity index (χ0n) is 15.5. The van der Waals surface area contributed by atoms with Crippen LogP contribution in [0.2, 0.25) is 0 Å². The van der Waals surface area contributed by atoms with Crippen LogP contribution in [0.3, 0.4) is 0 Å². The topological polar surface area (TPSA) is 67.8 Å². The highest BCUT2D eigenvalue weighted by Gasteiger charge is 2.52. The second kappa shape index (κ2) is 6.69. The first kappa shape index (κ1) is 18.9. The van der Waals surface area contributed by atoms with Gasteiger partial charge in [-0.25, -0.2) is 0 Å². The molecule has 1 aromatic carbocycles. The highest BCUT2D eigenvalue weighted by atomic mass is 32.2. The minimum absolute atomic E-state index is 0.464. The van der Waals surface area contributed by atoms with Crippen LogP contribution in [-0.2, 0) is 20.4 Å². The second-order valence-electron chi connectivity index (χ2n) is 8.04. The first-order valence-corrected chi connectivity index (χ1v) is 9.95. The average Bonchev–Trinajstić information content (AvgIpc) is 3.31. The third-order valence-electron chi connectivity index (χ3n) is 5.47. The number of benzene rings is 1. The molecule has 1 heterocycles. The Labute approximate surface area is 152 Å². The molecule has 0 N–H and O–H groups in total. The maximum atomic E-state index is 11.4. The van der Waals surface area contributed by atoms with Crippen LogP contribution >= 0.6 is 0 Å². The summed E-state index contributed by atoms with van der Waals surface area (Å²) in [4.78, 5) is 0. The predicted octanol–water partition coefficient (Wildman–Crippen LogP) is 2.71. The fourth-order valence-corrected chi connectivity index (χ4v) is 3.08. The monoisotopic (exact) mass is 365 g/mol. The van der Waals surface area contributed by atoms with Crippen molar-refractivity contribution >= 4 is 23.7 Å². The molecule has 0 radical (unpaired) electrons. The molecule has 2 atom stereocenters. The van der Waals surface area contributed by atoms with Gasteiger partial charge in [0.05, 0.1) is 17.8 Å². The van der Waals surface area contributed by atoms with Gasteiger partial charge in [-0.1, -0.05) is 12.1 Å². The molecule has 5 nitrogen and oxygen atoms in total. The van der Waals surface area contributed by atoms with Crippen molar-refractivity contribution < 1.29 is 22.8 Å². The van der Waals surface area contributed by atoms with E-state index in [1.54, 1.807) is 13.0 Å². The molecule has 0 amide bonds. The Kier molecular flexibility index (Phi) is 5.05. The van der Waals surface area contributed by atoms with Crippen molar-refractivity contribution in [2.75, 3.05) is 6.61 Å². The molecule has 1 saturated heterocycles. The first-order chi connectivity index (χ1) is 11.6. The van der Waals surface area contributed by atoms with Gasteiger partial charge in [-0.05, 0) is 76.1 Å². The Balaban J connectivity index is 1.92. The van der Waals surface area contributed by atoms with E-state index < -0.39 is 34.7 Å². The lowest BCUT2D eigenvalue weighted by atomic mass is 9.77. The van der Waals surface area contributed by atoms with E-state index in [1.165, 1.54) is 12.8 Å². The summed E-state index contributed by atoms with van der Waals surface area (Å²) in [5.74, 6) is 1.33. The van der Waals surface area contributed by atoms with Crippen molar-refractivity contribution in [3.05, 3.63) is 23.8 Å². The van der Waals surface area contributed by atoms with Crippen LogP contribution in [0.1, 0.15) is 58.3 Å². The molecule has 0 bridgehead atoms. The zero-order chi connectivity index (χ0) is 18.4. The predicted molar refractivity (Wildman–Crippen MR) is 97.7 cm³/mol. The SMILES string of the molecule is CC(c1ccc(OCC2CC2)c(B2OC(C)(C)C(C)(C)O2)c1)S(=O)[O-]. The lowest BCUT2D eigenvalue weighted by Crippen LogP contribution is -2.41. The molecular formula is C18H26BO5S-. The van der Waals surface area contributed by atoms with Crippen LogP contribution < -0.4 is 10.2 Å². The van der Waals surface area contributed by atoms with E-state index in [2.05, 4.69) is 0 Å². The van der Waals surface area contributed by atoms with Gasteiger partial charge in [0.15, 0.2) is 0 Å². The standard InChI is InChI=1S/C18H27BO5S/c1-12(25(20)21)14-8-9-16(22-11-13-6-7-13)15(10-14)19-23-17(2,3)18(4,5)24-19/h8-10,12-13H,6-7,11H2,1-5H3,(H,20,21)/p-1. The maximum Gasteiger partial charge on any atom is 0.498 e. The molecule has 3 rings (SSSR count). The van der Waals surface area contributed by atoms with E-state index in [9.17, 15) is 8.76 Å². The van der Waals surface area contributed by atoms with Crippen molar-refractivity contribution in [3.63, 3.8) is 0 Å². The van der Waals surface area contributed by atoms with Crippen LogP contribution in [0.5, 0.6) is 5.75 Å². The summed E-state index contributed by atoms with van der Waals surface area (Å²) in [6, 6.07) is 5.48. The van der Waals surface area contributed by atoms with Crippen molar-refractivity contribution in [1.29, 1.82) is 0 Å². The van der Waals surface area contributed by atoms with Gasteiger partial charge >= 0.3 is 7.12 Å². The molecule has 25 heavy (non-hydrogen) atoms. The van der Waals surface area contributed by atoms with Gasteiger partial charge < -0.3 is 18.6 Å². The molecule has 1 aliphatic carbocycles. The van der Waals surface area contributed by atoms with Crippen molar-refractivity contribution in [2.45, 2.75) is 63.9 Å². The van der Waals surface area contributed by atoms with Gasteiger partial charge in [0, 0.05) is 10.7 Å². The summed E-state index contributed by atoms with van der Waals surface area (Å²) in [7, 11) is -0.577. The molecule has 0 spiro atoms. The number of hydrogen-bond donors (Lipinski definition) is 0. The van der Waals surface area contributed by atoms with E-state index in [1.807, 2.05) is 39.8 Å². The molecule has 2 fully saturated rings. The van der Waals surface area contributed by atoms with Gasteiger partial charge in [0.2, 0.25) is 0 Å². The fourth-order valence-electron chi connectivity index (χ4n) is 2.71. The van der Waals surface area contributed by atoms with E-state index in [4.69, 9.17) is 14.0 Å². The second-order valence-corrected chi connectivity index (χ2v) is 9.27. The van der Waals surface area contributed by atoms with Gasteiger partial charge in [-0.2, -0.15) is 0 Å². The van der Waals surface area contributed by atoms with Gasteiger partial charge in [0.1, 0.15) is 5.75 Å².